The van der Waals surface area contributed by atoms with Gasteiger partial charge in [-0.2, -0.15) is 0 Å². The van der Waals surface area contributed by atoms with Crippen LogP contribution in [0.5, 0.6) is 0 Å². The third-order valence-electron chi connectivity index (χ3n) is 3.14. The molecule has 0 bridgehead atoms. The second-order valence-corrected chi connectivity index (χ2v) is 6.92. The van der Waals surface area contributed by atoms with Gasteiger partial charge in [-0.25, -0.2) is 13.1 Å². The van der Waals surface area contributed by atoms with E-state index in [0.717, 1.165) is 5.56 Å². The van der Waals surface area contributed by atoms with Crippen LogP contribution >= 0.6 is 0 Å². The number of hydrogen-bond donors (Lipinski definition) is 2. The molecule has 0 unspecified atom stereocenters. The van der Waals surface area contributed by atoms with Crippen molar-refractivity contribution in [3.05, 3.63) is 66.0 Å². The van der Waals surface area contributed by atoms with Crippen LogP contribution in [0.1, 0.15) is 18.1 Å². The van der Waals surface area contributed by atoms with E-state index in [1.807, 2.05) is 12.1 Å². The maximum atomic E-state index is 12.1. The number of hydrogen-bond acceptors (Lipinski definition) is 4. The molecule has 0 aliphatic heterocycles. The molecule has 0 saturated carbocycles. The Balaban J connectivity index is 1.87. The van der Waals surface area contributed by atoms with Gasteiger partial charge in [0.15, 0.2) is 0 Å². The van der Waals surface area contributed by atoms with E-state index in [4.69, 9.17) is 0 Å². The van der Waals surface area contributed by atoms with E-state index in [-0.39, 0.29) is 11.7 Å². The summed E-state index contributed by atoms with van der Waals surface area (Å²) in [5.41, 5.74) is 1.52. The highest BCUT2D eigenvalue weighted by atomic mass is 32.2. The predicted molar refractivity (Wildman–Crippen MR) is 87.7 cm³/mol. The van der Waals surface area contributed by atoms with Crippen molar-refractivity contribution in [2.24, 2.45) is 0 Å². The van der Waals surface area contributed by atoms with E-state index in [1.165, 1.54) is 6.92 Å². The molecule has 2 N–H and O–H groups in total. The highest BCUT2D eigenvalue weighted by molar-refractivity contribution is 7.88. The van der Waals surface area contributed by atoms with E-state index in [2.05, 4.69) is 15.0 Å². The van der Waals surface area contributed by atoms with Crippen LogP contribution in [0, 0.1) is 0 Å². The lowest BCUT2D eigenvalue weighted by Crippen LogP contribution is -2.44. The number of sulfonamides is 1. The van der Waals surface area contributed by atoms with Crippen LogP contribution < -0.4 is 10.0 Å². The van der Waals surface area contributed by atoms with Crippen LogP contribution in [0.3, 0.4) is 0 Å². The number of amides is 1. The lowest BCUT2D eigenvalue weighted by atomic mass is 10.2. The Kier molecular flexibility index (Phi) is 5.84. The third-order valence-corrected chi connectivity index (χ3v) is 4.56. The molecule has 0 radical (unpaired) electrons. The Morgan fingerprint density at radius 1 is 1.13 bits per heavy atom. The second-order valence-electron chi connectivity index (χ2n) is 5.16. The molecule has 0 fully saturated rings. The van der Waals surface area contributed by atoms with Gasteiger partial charge in [0.05, 0.1) is 11.8 Å². The Hall–Kier alpha value is -2.25. The van der Waals surface area contributed by atoms with Crippen LogP contribution in [0.15, 0.2) is 54.9 Å². The Labute approximate surface area is 136 Å². The monoisotopic (exact) mass is 333 g/mol. The molecule has 0 aliphatic rings. The third kappa shape index (κ3) is 5.80. The first-order chi connectivity index (χ1) is 11.0. The van der Waals surface area contributed by atoms with E-state index in [0.29, 0.717) is 12.1 Å². The molecule has 1 heterocycles. The Morgan fingerprint density at radius 3 is 2.48 bits per heavy atom. The van der Waals surface area contributed by atoms with Gasteiger partial charge in [0, 0.05) is 18.9 Å². The normalized spacial score (nSPS) is 12.6. The van der Waals surface area contributed by atoms with Crippen LogP contribution in [-0.2, 0) is 27.1 Å². The van der Waals surface area contributed by atoms with Gasteiger partial charge in [0.1, 0.15) is 0 Å². The largest absolute Gasteiger partial charge is 0.351 e. The molecule has 1 aromatic carbocycles. The fourth-order valence-corrected chi connectivity index (χ4v) is 3.36. The summed E-state index contributed by atoms with van der Waals surface area (Å²) in [4.78, 5) is 15.9. The molecular formula is C16H19N3O3S. The molecule has 7 heteroatoms. The van der Waals surface area contributed by atoms with Crippen molar-refractivity contribution in [1.29, 1.82) is 0 Å². The zero-order chi connectivity index (χ0) is 16.7. The van der Waals surface area contributed by atoms with Crippen molar-refractivity contribution in [2.75, 3.05) is 0 Å². The first-order valence-electron chi connectivity index (χ1n) is 7.17. The molecule has 1 amide bonds. The summed E-state index contributed by atoms with van der Waals surface area (Å²) in [6.45, 7) is 1.82. The van der Waals surface area contributed by atoms with Crippen LogP contribution in [-0.4, -0.2) is 25.4 Å². The molecule has 2 rings (SSSR count). The maximum Gasteiger partial charge on any atom is 0.238 e. The molecule has 0 aliphatic carbocycles. The summed E-state index contributed by atoms with van der Waals surface area (Å²) in [6, 6.07) is 11.6. The van der Waals surface area contributed by atoms with Gasteiger partial charge in [0.25, 0.3) is 0 Å². The maximum absolute atomic E-state index is 12.1. The van der Waals surface area contributed by atoms with Crippen LogP contribution in [0.2, 0.25) is 0 Å². The van der Waals surface area contributed by atoms with Crippen LogP contribution in [0.25, 0.3) is 0 Å². The van der Waals surface area contributed by atoms with Crippen molar-refractivity contribution in [1.82, 2.24) is 15.0 Å². The summed E-state index contributed by atoms with van der Waals surface area (Å²) < 4.78 is 26.6. The second kappa shape index (κ2) is 7.85. The number of nitrogens with zero attached hydrogens (tertiary/aromatic N) is 1. The fourth-order valence-electron chi connectivity index (χ4n) is 2.00. The fraction of sp³-hybridized carbons (Fsp3) is 0.250. The molecule has 122 valence electrons. The topological polar surface area (TPSA) is 88.2 Å². The number of nitrogens with one attached hydrogen (secondary N) is 2. The van der Waals surface area contributed by atoms with Gasteiger partial charge in [-0.05, 0) is 24.1 Å². The van der Waals surface area contributed by atoms with Gasteiger partial charge in [0.2, 0.25) is 15.9 Å². The standard InChI is InChI=1S/C16H19N3O3S/c1-13(16(20)18-11-15-8-5-9-17-10-15)19-23(21,22)12-14-6-3-2-4-7-14/h2-10,13,19H,11-12H2,1H3,(H,18,20)/t13-/m1/s1. The number of carbonyl (C=O) groups excluding carboxylic acids is 1. The van der Waals surface area contributed by atoms with E-state index < -0.39 is 16.1 Å². The van der Waals surface area contributed by atoms with Crippen molar-refractivity contribution in [3.63, 3.8) is 0 Å². The summed E-state index contributed by atoms with van der Waals surface area (Å²) in [7, 11) is -3.59. The van der Waals surface area contributed by atoms with Crippen molar-refractivity contribution in [3.8, 4) is 0 Å². The lowest BCUT2D eigenvalue weighted by molar-refractivity contribution is -0.122. The molecular weight excluding hydrogens is 314 g/mol. The van der Waals surface area contributed by atoms with E-state index in [9.17, 15) is 13.2 Å². The average Bonchev–Trinajstić information content (AvgIpc) is 2.53. The van der Waals surface area contributed by atoms with Gasteiger partial charge < -0.3 is 5.32 Å². The van der Waals surface area contributed by atoms with Gasteiger partial charge in [-0.3, -0.25) is 9.78 Å². The molecule has 0 spiro atoms. The number of pyridine rings is 1. The Morgan fingerprint density at radius 2 is 1.83 bits per heavy atom. The average molecular weight is 333 g/mol. The highest BCUT2D eigenvalue weighted by Gasteiger charge is 2.20. The van der Waals surface area contributed by atoms with Gasteiger partial charge in [-0.1, -0.05) is 36.4 Å². The summed E-state index contributed by atoms with van der Waals surface area (Å²) in [5.74, 6) is -0.542. The summed E-state index contributed by atoms with van der Waals surface area (Å²) >= 11 is 0. The van der Waals surface area contributed by atoms with Crippen LogP contribution in [0.4, 0.5) is 0 Å². The minimum atomic E-state index is -3.59. The van der Waals surface area contributed by atoms with Crippen molar-refractivity contribution < 1.29 is 13.2 Å². The first kappa shape index (κ1) is 17.1. The van der Waals surface area contributed by atoms with Gasteiger partial charge in [-0.15, -0.1) is 0 Å². The number of rotatable bonds is 7. The molecule has 2 aromatic rings. The quantitative estimate of drug-likeness (QED) is 0.797. The SMILES string of the molecule is C[C@@H](NS(=O)(=O)Cc1ccccc1)C(=O)NCc1cccnc1. The molecule has 23 heavy (non-hydrogen) atoms. The number of benzene rings is 1. The molecule has 1 aromatic heterocycles. The highest BCUT2D eigenvalue weighted by Crippen LogP contribution is 2.05. The zero-order valence-electron chi connectivity index (χ0n) is 12.8. The number of aromatic nitrogens is 1. The lowest BCUT2D eigenvalue weighted by Gasteiger charge is -2.14. The first-order valence-corrected chi connectivity index (χ1v) is 8.82. The summed E-state index contributed by atoms with van der Waals surface area (Å²) in [5, 5.41) is 2.68. The molecule has 0 saturated heterocycles. The van der Waals surface area contributed by atoms with Gasteiger partial charge >= 0.3 is 0 Å². The predicted octanol–water partition coefficient (Wildman–Crippen LogP) is 1.21. The van der Waals surface area contributed by atoms with Crippen molar-refractivity contribution >= 4 is 15.9 Å². The Bertz CT molecular complexity index is 734. The summed E-state index contributed by atoms with van der Waals surface area (Å²) in [6.07, 6.45) is 3.29. The van der Waals surface area contributed by atoms with E-state index in [1.54, 1.807) is 42.7 Å². The smallest absolute Gasteiger partial charge is 0.238 e. The minimum absolute atomic E-state index is 0.159. The van der Waals surface area contributed by atoms with Crippen molar-refractivity contribution in [2.45, 2.75) is 25.3 Å². The van der Waals surface area contributed by atoms with E-state index >= 15 is 0 Å². The number of carbonyl (C=O) groups is 1. The minimum Gasteiger partial charge on any atom is -0.351 e. The molecule has 6 nitrogen and oxygen atoms in total. The molecule has 1 atom stereocenters. The zero-order valence-corrected chi connectivity index (χ0v) is 13.6.